The number of carbonyl (C=O) groups excluding carboxylic acids is 2. The third kappa shape index (κ3) is 2.54. The molecule has 6 nitrogen and oxygen atoms in total. The fourth-order valence-corrected chi connectivity index (χ4v) is 1.61. The summed E-state index contributed by atoms with van der Waals surface area (Å²) < 4.78 is 5.21. The molecule has 5 N–H and O–H groups in total. The highest BCUT2D eigenvalue weighted by atomic mass is 16.5. The predicted molar refractivity (Wildman–Crippen MR) is 61.4 cm³/mol. The largest absolute Gasteiger partial charge is 0.482 e. The first-order chi connectivity index (χ1) is 8.06. The molecule has 0 fully saturated rings. The van der Waals surface area contributed by atoms with Crippen molar-refractivity contribution in [1.82, 2.24) is 0 Å². The van der Waals surface area contributed by atoms with Crippen LogP contribution in [0.3, 0.4) is 0 Å². The van der Waals surface area contributed by atoms with E-state index in [9.17, 15) is 9.59 Å². The number of primary amides is 1. The molecule has 0 bridgehead atoms. The standard InChI is InChI=1S/C11H13N3O3/c12-7(11(13)16)3-6-1-2-9-8(4-6)14-10(15)5-17-9/h1-2,4,7H,3,5,12H2,(H2,13,16)(H,14,15). The monoisotopic (exact) mass is 235 g/mol. The summed E-state index contributed by atoms with van der Waals surface area (Å²) in [4.78, 5) is 22.0. The molecule has 17 heavy (non-hydrogen) atoms. The molecule has 1 aliphatic heterocycles. The molecule has 0 radical (unpaired) electrons. The Morgan fingerprint density at radius 3 is 3.00 bits per heavy atom. The zero-order valence-corrected chi connectivity index (χ0v) is 9.10. The van der Waals surface area contributed by atoms with Crippen LogP contribution in [0.5, 0.6) is 5.75 Å². The lowest BCUT2D eigenvalue weighted by Gasteiger charge is -2.19. The Kier molecular flexibility index (Phi) is 2.97. The molecular formula is C11H13N3O3. The Balaban J connectivity index is 2.18. The lowest BCUT2D eigenvalue weighted by atomic mass is 10.0. The van der Waals surface area contributed by atoms with Crippen LogP contribution in [0.25, 0.3) is 0 Å². The lowest BCUT2D eigenvalue weighted by Crippen LogP contribution is -2.38. The number of benzene rings is 1. The van der Waals surface area contributed by atoms with Crippen LogP contribution in [-0.2, 0) is 16.0 Å². The van der Waals surface area contributed by atoms with E-state index in [1.165, 1.54) is 0 Å². The molecule has 0 saturated heterocycles. The first-order valence-electron chi connectivity index (χ1n) is 5.17. The lowest BCUT2D eigenvalue weighted by molar-refractivity contribution is -0.119. The van der Waals surface area contributed by atoms with Crippen molar-refractivity contribution in [3.63, 3.8) is 0 Å². The van der Waals surface area contributed by atoms with Crippen LogP contribution < -0.4 is 21.5 Å². The molecule has 1 heterocycles. The molecule has 0 aliphatic carbocycles. The maximum atomic E-state index is 11.1. The van der Waals surface area contributed by atoms with E-state index in [1.54, 1.807) is 18.2 Å². The van der Waals surface area contributed by atoms with Gasteiger partial charge < -0.3 is 21.5 Å². The third-order valence-corrected chi connectivity index (χ3v) is 2.50. The number of hydrogen-bond donors (Lipinski definition) is 3. The van der Waals surface area contributed by atoms with Crippen molar-refractivity contribution >= 4 is 17.5 Å². The van der Waals surface area contributed by atoms with Crippen molar-refractivity contribution in [2.75, 3.05) is 11.9 Å². The predicted octanol–water partition coefficient (Wildman–Crippen LogP) is -0.627. The molecule has 1 atom stereocenters. The number of ether oxygens (including phenoxy) is 1. The molecule has 0 aromatic heterocycles. The summed E-state index contributed by atoms with van der Waals surface area (Å²) in [5.74, 6) is -0.141. The highest BCUT2D eigenvalue weighted by Crippen LogP contribution is 2.28. The maximum Gasteiger partial charge on any atom is 0.262 e. The van der Waals surface area contributed by atoms with Gasteiger partial charge in [0, 0.05) is 0 Å². The fraction of sp³-hybridized carbons (Fsp3) is 0.273. The van der Waals surface area contributed by atoms with E-state index in [-0.39, 0.29) is 12.5 Å². The normalized spacial score (nSPS) is 15.5. The second kappa shape index (κ2) is 4.42. The average Bonchev–Trinajstić information content (AvgIpc) is 2.28. The minimum Gasteiger partial charge on any atom is -0.482 e. The van der Waals surface area contributed by atoms with Crippen LogP contribution in [0.1, 0.15) is 5.56 Å². The van der Waals surface area contributed by atoms with Gasteiger partial charge in [-0.15, -0.1) is 0 Å². The van der Waals surface area contributed by atoms with E-state index < -0.39 is 11.9 Å². The molecule has 0 spiro atoms. The van der Waals surface area contributed by atoms with Gasteiger partial charge in [-0.1, -0.05) is 6.07 Å². The van der Waals surface area contributed by atoms with Crippen molar-refractivity contribution in [3.05, 3.63) is 23.8 Å². The number of amides is 2. The third-order valence-electron chi connectivity index (χ3n) is 2.50. The van der Waals surface area contributed by atoms with Gasteiger partial charge in [-0.25, -0.2) is 0 Å². The van der Waals surface area contributed by atoms with Crippen LogP contribution in [0.4, 0.5) is 5.69 Å². The van der Waals surface area contributed by atoms with Gasteiger partial charge in [0.2, 0.25) is 5.91 Å². The highest BCUT2D eigenvalue weighted by Gasteiger charge is 2.17. The quantitative estimate of drug-likeness (QED) is 0.648. The number of nitrogens with one attached hydrogen (secondary N) is 1. The van der Waals surface area contributed by atoms with Crippen LogP contribution in [-0.4, -0.2) is 24.5 Å². The van der Waals surface area contributed by atoms with Gasteiger partial charge in [0.25, 0.3) is 5.91 Å². The van der Waals surface area contributed by atoms with Crippen LogP contribution in [0.2, 0.25) is 0 Å². The number of fused-ring (bicyclic) bond motifs is 1. The minimum absolute atomic E-state index is 0.0210. The second-order valence-electron chi connectivity index (χ2n) is 3.88. The van der Waals surface area contributed by atoms with Crippen molar-refractivity contribution in [3.8, 4) is 5.75 Å². The van der Waals surface area contributed by atoms with E-state index in [1.807, 2.05) is 0 Å². The molecular weight excluding hydrogens is 222 g/mol. The number of rotatable bonds is 3. The number of hydrogen-bond acceptors (Lipinski definition) is 4. The summed E-state index contributed by atoms with van der Waals surface area (Å²) in [5.41, 5.74) is 12.1. The average molecular weight is 235 g/mol. The molecule has 0 saturated carbocycles. The highest BCUT2D eigenvalue weighted by molar-refractivity contribution is 5.95. The van der Waals surface area contributed by atoms with Crippen LogP contribution in [0.15, 0.2) is 18.2 Å². The molecule has 1 unspecified atom stereocenters. The SMILES string of the molecule is NC(=O)C(N)Cc1ccc2c(c1)NC(=O)CO2. The van der Waals surface area contributed by atoms with Crippen molar-refractivity contribution in [2.24, 2.45) is 11.5 Å². The topological polar surface area (TPSA) is 107 Å². The zero-order chi connectivity index (χ0) is 12.4. The Hall–Kier alpha value is -2.08. The van der Waals surface area contributed by atoms with E-state index in [0.717, 1.165) is 5.56 Å². The molecule has 90 valence electrons. The molecule has 2 rings (SSSR count). The molecule has 6 heteroatoms. The molecule has 1 aliphatic rings. The first kappa shape index (κ1) is 11.4. The van der Waals surface area contributed by atoms with Gasteiger partial charge in [0.15, 0.2) is 6.61 Å². The summed E-state index contributed by atoms with van der Waals surface area (Å²) in [6, 6.07) is 4.53. The fourth-order valence-electron chi connectivity index (χ4n) is 1.61. The van der Waals surface area contributed by atoms with Crippen molar-refractivity contribution in [2.45, 2.75) is 12.5 Å². The van der Waals surface area contributed by atoms with Crippen molar-refractivity contribution in [1.29, 1.82) is 0 Å². The van der Waals surface area contributed by atoms with Gasteiger partial charge in [-0.2, -0.15) is 0 Å². The number of nitrogens with two attached hydrogens (primary N) is 2. The van der Waals surface area contributed by atoms with Crippen molar-refractivity contribution < 1.29 is 14.3 Å². The van der Waals surface area contributed by atoms with Crippen LogP contribution in [0, 0.1) is 0 Å². The summed E-state index contributed by atoms with van der Waals surface area (Å²) in [6.45, 7) is 0.0210. The molecule has 1 aromatic carbocycles. The van der Waals surface area contributed by atoms with Gasteiger partial charge in [0.1, 0.15) is 5.75 Å². The number of carbonyl (C=O) groups is 2. The Labute approximate surface area is 97.9 Å². The van der Waals surface area contributed by atoms with Gasteiger partial charge in [-0.05, 0) is 24.1 Å². The first-order valence-corrected chi connectivity index (χ1v) is 5.17. The van der Waals surface area contributed by atoms with E-state index in [0.29, 0.717) is 17.9 Å². The summed E-state index contributed by atoms with van der Waals surface area (Å²) in [6.07, 6.45) is 0.332. The molecule has 1 aromatic rings. The Morgan fingerprint density at radius 1 is 1.53 bits per heavy atom. The Morgan fingerprint density at radius 2 is 2.29 bits per heavy atom. The Bertz CT molecular complexity index is 473. The van der Waals surface area contributed by atoms with Gasteiger partial charge >= 0.3 is 0 Å². The van der Waals surface area contributed by atoms with E-state index >= 15 is 0 Å². The molecule has 2 amide bonds. The maximum absolute atomic E-state index is 11.1. The van der Waals surface area contributed by atoms with Gasteiger partial charge in [0.05, 0.1) is 11.7 Å². The van der Waals surface area contributed by atoms with Gasteiger partial charge in [-0.3, -0.25) is 9.59 Å². The summed E-state index contributed by atoms with van der Waals surface area (Å²) in [7, 11) is 0. The summed E-state index contributed by atoms with van der Waals surface area (Å²) >= 11 is 0. The van der Waals surface area contributed by atoms with Crippen LogP contribution >= 0.6 is 0 Å². The second-order valence-corrected chi connectivity index (χ2v) is 3.88. The zero-order valence-electron chi connectivity index (χ0n) is 9.10. The smallest absolute Gasteiger partial charge is 0.262 e. The van der Waals surface area contributed by atoms with E-state index in [4.69, 9.17) is 16.2 Å². The van der Waals surface area contributed by atoms with E-state index in [2.05, 4.69) is 5.32 Å². The minimum atomic E-state index is -0.728. The number of anilines is 1. The summed E-state index contributed by atoms with van der Waals surface area (Å²) in [5, 5.41) is 2.68.